The Morgan fingerprint density at radius 2 is 0.881 bits per heavy atom. The van der Waals surface area contributed by atoms with Crippen LogP contribution in [0.5, 0.6) is 0 Å². The molecule has 2 heterocycles. The summed E-state index contributed by atoms with van der Waals surface area (Å²) in [6.45, 7) is 0. The molecule has 0 amide bonds. The van der Waals surface area contributed by atoms with Crippen LogP contribution in [-0.4, -0.2) is 0 Å². The van der Waals surface area contributed by atoms with Gasteiger partial charge in [-0.05, 0) is 110 Å². The molecule has 2 aromatic heterocycles. The van der Waals surface area contributed by atoms with Gasteiger partial charge in [0.2, 0.25) is 0 Å². The molecule has 276 valence electrons. The largest absolute Gasteiger partial charge is 0.456 e. The van der Waals surface area contributed by atoms with Crippen molar-refractivity contribution in [2.45, 2.75) is 0 Å². The first kappa shape index (κ1) is 33.3. The molecule has 0 atom stereocenters. The Labute approximate surface area is 340 Å². The highest BCUT2D eigenvalue weighted by atomic mass is 16.3. The fourth-order valence-electron chi connectivity index (χ4n) is 9.11. The summed E-state index contributed by atoms with van der Waals surface area (Å²) < 4.78 is 12.7. The van der Waals surface area contributed by atoms with Crippen molar-refractivity contribution in [3.05, 3.63) is 212 Å². The minimum absolute atomic E-state index is 0.856. The van der Waals surface area contributed by atoms with Crippen LogP contribution in [0.2, 0.25) is 0 Å². The van der Waals surface area contributed by atoms with Gasteiger partial charge in [0.1, 0.15) is 22.3 Å². The predicted octanol–water partition coefficient (Wildman–Crippen LogP) is 16.3. The second-order valence-electron chi connectivity index (χ2n) is 15.2. The van der Waals surface area contributed by atoms with E-state index in [1.165, 1.54) is 32.7 Å². The summed E-state index contributed by atoms with van der Waals surface area (Å²) in [5.41, 5.74) is 13.7. The third-order valence-corrected chi connectivity index (χ3v) is 11.9. The maximum atomic E-state index is 6.47. The van der Waals surface area contributed by atoms with Crippen molar-refractivity contribution in [2.75, 3.05) is 4.90 Å². The molecule has 3 heteroatoms. The molecule has 0 saturated carbocycles. The molecular formula is C56H35NO2. The Morgan fingerprint density at radius 3 is 1.69 bits per heavy atom. The van der Waals surface area contributed by atoms with Gasteiger partial charge < -0.3 is 13.7 Å². The Bertz CT molecular complexity index is 3550. The Balaban J connectivity index is 1.06. The SMILES string of the molecule is c1ccc(-c2cc(-c3ccc4c(ccc5oc6ccccc6c54)c3)ccc2N(c2ccc(-c3cccc4ccccc34)cc2)c2cccc3oc4ccccc4c23)cc1. The third-order valence-electron chi connectivity index (χ3n) is 11.9. The van der Waals surface area contributed by atoms with Crippen molar-refractivity contribution >= 4 is 82.5 Å². The van der Waals surface area contributed by atoms with Gasteiger partial charge in [-0.1, -0.05) is 152 Å². The molecule has 0 aliphatic rings. The normalized spacial score (nSPS) is 11.7. The molecule has 0 spiro atoms. The van der Waals surface area contributed by atoms with E-state index in [9.17, 15) is 0 Å². The topological polar surface area (TPSA) is 29.5 Å². The average molecular weight is 754 g/mol. The smallest absolute Gasteiger partial charge is 0.137 e. The number of hydrogen-bond donors (Lipinski definition) is 0. The number of furan rings is 2. The summed E-state index contributed by atoms with van der Waals surface area (Å²) in [7, 11) is 0. The molecule has 0 bridgehead atoms. The van der Waals surface area contributed by atoms with E-state index in [-0.39, 0.29) is 0 Å². The van der Waals surface area contributed by atoms with Crippen LogP contribution in [0.1, 0.15) is 0 Å². The number of anilines is 3. The summed E-state index contributed by atoms with van der Waals surface area (Å²) in [6, 6.07) is 75.9. The zero-order valence-electron chi connectivity index (χ0n) is 32.0. The lowest BCUT2D eigenvalue weighted by molar-refractivity contribution is 0.668. The van der Waals surface area contributed by atoms with Crippen molar-refractivity contribution < 1.29 is 8.83 Å². The van der Waals surface area contributed by atoms with E-state index in [0.717, 1.165) is 83.2 Å². The van der Waals surface area contributed by atoms with Crippen LogP contribution in [0.15, 0.2) is 221 Å². The first-order valence-electron chi connectivity index (χ1n) is 20.1. The standard InChI is InChI=1S/C56H35NO2/c1-2-12-37(13-3-1)48-35-40(39-26-31-45-41(34-39)28-33-54-55(45)46-17-6-8-21-51(46)59-54)27-32-49(48)57(50-20-11-23-53-56(50)47-18-7-9-22-52(47)58-53)42-29-24-38(25-30-42)44-19-10-15-36-14-4-5-16-43(36)44/h1-35H. The van der Waals surface area contributed by atoms with E-state index in [0.29, 0.717) is 0 Å². The summed E-state index contributed by atoms with van der Waals surface area (Å²) >= 11 is 0. The van der Waals surface area contributed by atoms with Crippen LogP contribution in [0.3, 0.4) is 0 Å². The van der Waals surface area contributed by atoms with Crippen molar-refractivity contribution in [2.24, 2.45) is 0 Å². The number of para-hydroxylation sites is 2. The Morgan fingerprint density at radius 1 is 0.288 bits per heavy atom. The molecule has 59 heavy (non-hydrogen) atoms. The second kappa shape index (κ2) is 13.4. The summed E-state index contributed by atoms with van der Waals surface area (Å²) in [5, 5.41) is 9.31. The molecule has 0 N–H and O–H groups in total. The summed E-state index contributed by atoms with van der Waals surface area (Å²) in [4.78, 5) is 2.41. The zero-order valence-corrected chi connectivity index (χ0v) is 32.0. The predicted molar refractivity (Wildman–Crippen MR) is 247 cm³/mol. The van der Waals surface area contributed by atoms with E-state index < -0.39 is 0 Å². The molecule has 10 aromatic carbocycles. The Hall–Kier alpha value is -7.88. The number of fused-ring (bicyclic) bond motifs is 9. The molecule has 0 aliphatic heterocycles. The number of hydrogen-bond acceptors (Lipinski definition) is 3. The van der Waals surface area contributed by atoms with Gasteiger partial charge in [-0.3, -0.25) is 0 Å². The van der Waals surface area contributed by atoms with Gasteiger partial charge in [0.15, 0.2) is 0 Å². The maximum Gasteiger partial charge on any atom is 0.137 e. The first-order valence-corrected chi connectivity index (χ1v) is 20.1. The quantitative estimate of drug-likeness (QED) is 0.169. The van der Waals surface area contributed by atoms with Crippen LogP contribution in [0.25, 0.3) is 98.8 Å². The molecule has 12 aromatic rings. The van der Waals surface area contributed by atoms with E-state index in [4.69, 9.17) is 8.83 Å². The lowest BCUT2D eigenvalue weighted by Gasteiger charge is -2.29. The monoisotopic (exact) mass is 753 g/mol. The average Bonchev–Trinajstić information content (AvgIpc) is 3.89. The summed E-state index contributed by atoms with van der Waals surface area (Å²) in [6.07, 6.45) is 0. The molecule has 0 aliphatic carbocycles. The number of rotatable bonds is 6. The van der Waals surface area contributed by atoms with Crippen molar-refractivity contribution in [1.29, 1.82) is 0 Å². The van der Waals surface area contributed by atoms with E-state index in [2.05, 4.69) is 199 Å². The fourth-order valence-corrected chi connectivity index (χ4v) is 9.11. The zero-order chi connectivity index (χ0) is 38.9. The van der Waals surface area contributed by atoms with Gasteiger partial charge in [-0.25, -0.2) is 0 Å². The molecule has 0 unspecified atom stereocenters. The third kappa shape index (κ3) is 5.44. The van der Waals surface area contributed by atoms with Crippen molar-refractivity contribution in [3.8, 4) is 33.4 Å². The lowest BCUT2D eigenvalue weighted by Crippen LogP contribution is -2.11. The van der Waals surface area contributed by atoms with Crippen molar-refractivity contribution in [3.63, 3.8) is 0 Å². The van der Waals surface area contributed by atoms with Gasteiger partial charge in [0, 0.05) is 27.4 Å². The van der Waals surface area contributed by atoms with Gasteiger partial charge in [0.05, 0.1) is 16.8 Å². The minimum atomic E-state index is 0.856. The van der Waals surface area contributed by atoms with Gasteiger partial charge in [0.25, 0.3) is 0 Å². The highest BCUT2D eigenvalue weighted by molar-refractivity contribution is 6.19. The van der Waals surface area contributed by atoms with E-state index >= 15 is 0 Å². The van der Waals surface area contributed by atoms with Crippen LogP contribution < -0.4 is 4.90 Å². The van der Waals surface area contributed by atoms with Gasteiger partial charge in [-0.15, -0.1) is 0 Å². The maximum absolute atomic E-state index is 6.47. The molecule has 3 nitrogen and oxygen atoms in total. The van der Waals surface area contributed by atoms with Crippen LogP contribution in [-0.2, 0) is 0 Å². The Kier molecular flexibility index (Phi) is 7.54. The van der Waals surface area contributed by atoms with E-state index in [1.54, 1.807) is 0 Å². The van der Waals surface area contributed by atoms with Crippen molar-refractivity contribution in [1.82, 2.24) is 0 Å². The first-order chi connectivity index (χ1) is 29.2. The second-order valence-corrected chi connectivity index (χ2v) is 15.2. The highest BCUT2D eigenvalue weighted by Gasteiger charge is 2.23. The van der Waals surface area contributed by atoms with Gasteiger partial charge >= 0.3 is 0 Å². The highest BCUT2D eigenvalue weighted by Crippen LogP contribution is 2.47. The lowest BCUT2D eigenvalue weighted by atomic mass is 9.94. The molecule has 12 rings (SSSR count). The molecule has 0 saturated heterocycles. The molecule has 0 fully saturated rings. The van der Waals surface area contributed by atoms with Crippen LogP contribution in [0.4, 0.5) is 17.1 Å². The molecule has 0 radical (unpaired) electrons. The number of benzene rings is 10. The van der Waals surface area contributed by atoms with E-state index in [1.807, 2.05) is 18.2 Å². The fraction of sp³-hybridized carbons (Fsp3) is 0. The number of nitrogens with zero attached hydrogens (tertiary/aromatic N) is 1. The van der Waals surface area contributed by atoms with Crippen LogP contribution >= 0.6 is 0 Å². The summed E-state index contributed by atoms with van der Waals surface area (Å²) in [5.74, 6) is 0. The van der Waals surface area contributed by atoms with Crippen LogP contribution in [0, 0.1) is 0 Å². The molecular weight excluding hydrogens is 719 g/mol. The minimum Gasteiger partial charge on any atom is -0.456 e. The van der Waals surface area contributed by atoms with Gasteiger partial charge in [-0.2, -0.15) is 0 Å².